The summed E-state index contributed by atoms with van der Waals surface area (Å²) < 4.78 is 286. The molecule has 0 aromatic heterocycles. The van der Waals surface area contributed by atoms with Crippen LogP contribution in [0.4, 0.5) is 79.0 Å². The van der Waals surface area contributed by atoms with Gasteiger partial charge in [0.05, 0.1) is 11.5 Å². The van der Waals surface area contributed by atoms with Gasteiger partial charge in [-0.1, -0.05) is 0 Å². The molecule has 0 heterocycles. The Morgan fingerprint density at radius 2 is 0.659 bits per heavy atom. The Morgan fingerprint density at radius 1 is 0.432 bits per heavy atom. The van der Waals surface area contributed by atoms with Crippen molar-refractivity contribution >= 4 is 20.2 Å². The SMILES string of the molecule is O=S(=O)(CCC(F)(F)C(F)(F)C(F)(F)C(F)(F)F)Oc1ccc(OS(=O)(=O)CCC(F)(F)C(F)(F)C(F)(F)C(F)(F)F)cc1. The Morgan fingerprint density at radius 3 is 0.864 bits per heavy atom. The molecule has 0 spiro atoms. The Kier molecular flexibility index (Phi) is 10.5. The highest BCUT2D eigenvalue weighted by Crippen LogP contribution is 2.55. The molecule has 0 aliphatic heterocycles. The fourth-order valence-electron chi connectivity index (χ4n) is 2.56. The van der Waals surface area contributed by atoms with Gasteiger partial charge in [-0.25, -0.2) is 0 Å². The number of hydrogen-bond donors (Lipinski definition) is 0. The fraction of sp³-hybridized carbons (Fsp3) is 0.667. The van der Waals surface area contributed by atoms with Gasteiger partial charge in [-0.2, -0.15) is 95.9 Å². The molecule has 0 fully saturated rings. The van der Waals surface area contributed by atoms with Gasteiger partial charge in [-0.05, 0) is 24.3 Å². The predicted octanol–water partition coefficient (Wildman–Crippen LogP) is 6.82. The average molecular weight is 730 g/mol. The Hall–Kier alpha value is -2.54. The zero-order chi connectivity index (χ0) is 35.2. The van der Waals surface area contributed by atoms with Crippen LogP contribution in [0.5, 0.6) is 11.5 Å². The van der Waals surface area contributed by atoms with Crippen molar-refractivity contribution in [1.29, 1.82) is 0 Å². The van der Waals surface area contributed by atoms with Crippen LogP contribution in [-0.2, 0) is 20.2 Å². The molecule has 0 bridgehead atoms. The van der Waals surface area contributed by atoms with Gasteiger partial charge in [0.25, 0.3) is 0 Å². The summed E-state index contributed by atoms with van der Waals surface area (Å²) in [7, 11) is -11.0. The smallest absolute Gasteiger partial charge is 0.382 e. The summed E-state index contributed by atoms with van der Waals surface area (Å²) in [5, 5.41) is 0. The Balaban J connectivity index is 2.95. The first kappa shape index (κ1) is 39.5. The molecule has 0 atom stereocenters. The van der Waals surface area contributed by atoms with E-state index in [1.54, 1.807) is 0 Å². The van der Waals surface area contributed by atoms with Crippen molar-refractivity contribution in [3.63, 3.8) is 0 Å². The molecule has 6 nitrogen and oxygen atoms in total. The monoisotopic (exact) mass is 730 g/mol. The first-order chi connectivity index (χ1) is 19.1. The second kappa shape index (κ2) is 11.7. The molecule has 0 N–H and O–H groups in total. The first-order valence-corrected chi connectivity index (χ1v) is 13.6. The topological polar surface area (TPSA) is 86.7 Å². The lowest BCUT2D eigenvalue weighted by atomic mass is 10.0. The van der Waals surface area contributed by atoms with E-state index in [1.165, 1.54) is 0 Å². The zero-order valence-corrected chi connectivity index (χ0v) is 21.8. The molecule has 1 rings (SSSR count). The van der Waals surface area contributed by atoms with Crippen LogP contribution in [0.3, 0.4) is 0 Å². The highest BCUT2D eigenvalue weighted by atomic mass is 32.2. The molecule has 0 aliphatic rings. The van der Waals surface area contributed by atoms with Gasteiger partial charge in [0.15, 0.2) is 0 Å². The first-order valence-electron chi connectivity index (χ1n) is 10.4. The number of alkyl halides is 18. The normalized spacial score (nSPS) is 15.3. The van der Waals surface area contributed by atoms with E-state index in [1.807, 2.05) is 0 Å². The minimum Gasteiger partial charge on any atom is -0.382 e. The summed E-state index contributed by atoms with van der Waals surface area (Å²) in [6.07, 6.45) is -20.1. The maximum Gasteiger partial charge on any atom is 0.460 e. The molecule has 1 aromatic rings. The minimum atomic E-state index is -7.31. The predicted molar refractivity (Wildman–Crippen MR) is 106 cm³/mol. The van der Waals surface area contributed by atoms with Crippen molar-refractivity contribution in [3.05, 3.63) is 24.3 Å². The van der Waals surface area contributed by atoms with Crippen LogP contribution in [0.2, 0.25) is 0 Å². The molecular weight excluding hydrogens is 718 g/mol. The van der Waals surface area contributed by atoms with E-state index in [0.29, 0.717) is 24.3 Å². The van der Waals surface area contributed by atoms with Gasteiger partial charge >= 0.3 is 68.1 Å². The van der Waals surface area contributed by atoms with Crippen LogP contribution in [0.25, 0.3) is 0 Å². The van der Waals surface area contributed by atoms with Gasteiger partial charge in [-0.3, -0.25) is 0 Å². The molecule has 258 valence electrons. The molecule has 26 heteroatoms. The third kappa shape index (κ3) is 7.99. The van der Waals surface area contributed by atoms with Crippen molar-refractivity contribution in [2.45, 2.75) is 60.7 Å². The lowest BCUT2D eigenvalue weighted by Crippen LogP contribution is -2.61. The molecule has 0 unspecified atom stereocenters. The van der Waals surface area contributed by atoms with E-state index in [2.05, 4.69) is 8.37 Å². The second-order valence-electron chi connectivity index (χ2n) is 8.36. The third-order valence-electron chi connectivity index (χ3n) is 5.02. The van der Waals surface area contributed by atoms with E-state index >= 15 is 0 Å². The molecule has 0 radical (unpaired) electrons. The number of halogens is 18. The second-order valence-corrected chi connectivity index (χ2v) is 11.7. The quantitative estimate of drug-likeness (QED) is 0.154. The minimum absolute atomic E-state index is 0.333. The molecular formula is C18H12F18O6S2. The van der Waals surface area contributed by atoms with E-state index in [9.17, 15) is 95.9 Å². The Labute approximate surface area is 233 Å². The summed E-state index contributed by atoms with van der Waals surface area (Å²) in [6.45, 7) is 0. The summed E-state index contributed by atoms with van der Waals surface area (Å²) in [5.74, 6) is -48.2. The van der Waals surface area contributed by atoms with E-state index in [4.69, 9.17) is 0 Å². The van der Waals surface area contributed by atoms with Crippen molar-refractivity contribution in [1.82, 2.24) is 0 Å². The summed E-state index contributed by atoms with van der Waals surface area (Å²) >= 11 is 0. The largest absolute Gasteiger partial charge is 0.460 e. The van der Waals surface area contributed by atoms with Gasteiger partial charge in [0, 0.05) is 12.8 Å². The van der Waals surface area contributed by atoms with Crippen LogP contribution in [0.15, 0.2) is 24.3 Å². The van der Waals surface area contributed by atoms with Crippen LogP contribution < -0.4 is 8.37 Å². The summed E-state index contributed by atoms with van der Waals surface area (Å²) in [6, 6.07) is 1.33. The van der Waals surface area contributed by atoms with Crippen molar-refractivity contribution in [3.8, 4) is 11.5 Å². The average Bonchev–Trinajstić information content (AvgIpc) is 2.81. The lowest BCUT2D eigenvalue weighted by Gasteiger charge is -2.33. The van der Waals surface area contributed by atoms with Gasteiger partial charge < -0.3 is 8.37 Å². The van der Waals surface area contributed by atoms with Crippen LogP contribution in [0, 0.1) is 0 Å². The van der Waals surface area contributed by atoms with Gasteiger partial charge in [0.1, 0.15) is 11.5 Å². The lowest BCUT2D eigenvalue weighted by molar-refractivity contribution is -0.396. The van der Waals surface area contributed by atoms with E-state index in [0.717, 1.165) is 0 Å². The Bertz CT molecular complexity index is 1260. The van der Waals surface area contributed by atoms with E-state index in [-0.39, 0.29) is 0 Å². The van der Waals surface area contributed by atoms with Crippen molar-refractivity contribution in [2.24, 2.45) is 0 Å². The fourth-order valence-corrected chi connectivity index (χ4v) is 4.55. The number of rotatable bonds is 14. The molecule has 1 aromatic carbocycles. The number of benzene rings is 1. The van der Waals surface area contributed by atoms with Crippen LogP contribution >= 0.6 is 0 Å². The summed E-state index contributed by atoms with van der Waals surface area (Å²) in [5.41, 5.74) is 0. The van der Waals surface area contributed by atoms with Crippen LogP contribution in [0.1, 0.15) is 12.8 Å². The molecule has 0 saturated heterocycles. The number of hydrogen-bond acceptors (Lipinski definition) is 6. The summed E-state index contributed by atoms with van der Waals surface area (Å²) in [4.78, 5) is 0. The van der Waals surface area contributed by atoms with Crippen LogP contribution in [-0.4, -0.2) is 76.2 Å². The van der Waals surface area contributed by atoms with E-state index < -0.39 is 104 Å². The third-order valence-corrected chi connectivity index (χ3v) is 7.32. The molecule has 0 saturated carbocycles. The maximum atomic E-state index is 13.5. The van der Waals surface area contributed by atoms with Gasteiger partial charge in [0.2, 0.25) is 0 Å². The standard InChI is InChI=1S/C18H12F18O6S2/c19-11(20,13(23,24)15(27,28)17(31,32)33)5-7-43(37,38)41-9-1-2-10(4-3-9)42-44(39,40)8-6-12(21,22)14(25,26)16(29,30)18(34,35)36/h1-4H,5-8H2. The van der Waals surface area contributed by atoms with Crippen molar-refractivity contribution < 1.29 is 104 Å². The van der Waals surface area contributed by atoms with Gasteiger partial charge in [-0.15, -0.1) is 0 Å². The molecule has 44 heavy (non-hydrogen) atoms. The molecule has 0 amide bonds. The highest BCUT2D eigenvalue weighted by molar-refractivity contribution is 7.87. The van der Waals surface area contributed by atoms with Crippen molar-refractivity contribution in [2.75, 3.05) is 11.5 Å². The maximum absolute atomic E-state index is 13.5. The zero-order valence-electron chi connectivity index (χ0n) is 20.2. The highest BCUT2D eigenvalue weighted by Gasteiger charge is 2.82. The molecule has 0 aliphatic carbocycles.